The lowest BCUT2D eigenvalue weighted by Crippen LogP contribution is -2.30. The van der Waals surface area contributed by atoms with Crippen LogP contribution in [0, 0.1) is 0 Å². The monoisotopic (exact) mass is 499 g/mol. The smallest absolute Gasteiger partial charge is 0.416 e. The number of carboxylic acids is 1. The average molecular weight is 500 g/mol. The number of halogens is 3. The molecule has 0 spiro atoms. The van der Waals surface area contributed by atoms with E-state index in [1.165, 1.54) is 19.2 Å². The number of aliphatic carboxylic acids is 1. The fourth-order valence-corrected chi connectivity index (χ4v) is 4.62. The Hall–Kier alpha value is -3.68. The maximum atomic E-state index is 12.9. The second-order valence-electron chi connectivity index (χ2n) is 9.53. The van der Waals surface area contributed by atoms with Crippen molar-refractivity contribution >= 4 is 11.7 Å². The number of ether oxygens (including phenoxy) is 2. The summed E-state index contributed by atoms with van der Waals surface area (Å²) in [5, 5.41) is 8.83. The molecule has 0 bridgehead atoms. The number of hydrogen-bond donors (Lipinski definition) is 1. The molecule has 0 fully saturated rings. The Balaban J connectivity index is 1.50. The van der Waals surface area contributed by atoms with Crippen LogP contribution in [0.2, 0.25) is 0 Å². The summed E-state index contributed by atoms with van der Waals surface area (Å²) in [4.78, 5) is 13.1. The molecule has 0 radical (unpaired) electrons. The largest absolute Gasteiger partial charge is 0.493 e. The standard InChI is InChI=1S/C28H28F3NO4/c1-27(2)17-32(13-12-18-4-11-24(25(14-18)35-3)36-16-26(33)34)23-10-7-20(15-22(23)27)19-5-8-21(9-6-19)28(29,30)31/h4-11,14-15H,12-13,16-17H2,1-3H3,(H,33,34). The Labute approximate surface area is 208 Å². The molecule has 0 aliphatic carbocycles. The molecule has 5 nitrogen and oxygen atoms in total. The molecule has 0 aromatic heterocycles. The van der Waals surface area contributed by atoms with Crippen LogP contribution in [0.4, 0.5) is 18.9 Å². The third kappa shape index (κ3) is 5.42. The van der Waals surface area contributed by atoms with E-state index in [0.29, 0.717) is 11.5 Å². The lowest BCUT2D eigenvalue weighted by molar-refractivity contribution is -0.139. The Bertz CT molecular complexity index is 1250. The maximum Gasteiger partial charge on any atom is 0.416 e. The van der Waals surface area contributed by atoms with Gasteiger partial charge in [0.2, 0.25) is 0 Å². The van der Waals surface area contributed by atoms with Gasteiger partial charge in [-0.25, -0.2) is 4.79 Å². The van der Waals surface area contributed by atoms with Gasteiger partial charge in [0, 0.05) is 24.2 Å². The number of methoxy groups -OCH3 is 1. The number of benzene rings is 3. The number of alkyl halides is 3. The van der Waals surface area contributed by atoms with Gasteiger partial charge in [-0.2, -0.15) is 13.2 Å². The highest BCUT2D eigenvalue weighted by molar-refractivity contribution is 5.73. The van der Waals surface area contributed by atoms with Gasteiger partial charge in [-0.3, -0.25) is 0 Å². The Morgan fingerprint density at radius 1 is 1.00 bits per heavy atom. The van der Waals surface area contributed by atoms with Crippen LogP contribution in [0.15, 0.2) is 60.7 Å². The van der Waals surface area contributed by atoms with Crippen LogP contribution in [0.25, 0.3) is 11.1 Å². The molecular formula is C28H28F3NO4. The van der Waals surface area contributed by atoms with Crippen LogP contribution in [-0.4, -0.2) is 37.9 Å². The molecule has 3 aromatic carbocycles. The number of carbonyl (C=O) groups is 1. The van der Waals surface area contributed by atoms with Gasteiger partial charge in [0.15, 0.2) is 18.1 Å². The molecule has 4 rings (SSSR count). The van der Waals surface area contributed by atoms with E-state index in [9.17, 15) is 18.0 Å². The van der Waals surface area contributed by atoms with Crippen molar-refractivity contribution in [1.82, 2.24) is 0 Å². The molecule has 0 saturated heterocycles. The van der Waals surface area contributed by atoms with E-state index in [0.717, 1.165) is 59.6 Å². The van der Waals surface area contributed by atoms with Crippen LogP contribution in [-0.2, 0) is 22.8 Å². The van der Waals surface area contributed by atoms with Crippen molar-refractivity contribution in [3.63, 3.8) is 0 Å². The van der Waals surface area contributed by atoms with Crippen LogP contribution in [0.1, 0.15) is 30.5 Å². The van der Waals surface area contributed by atoms with Crippen molar-refractivity contribution in [2.24, 2.45) is 0 Å². The molecular weight excluding hydrogens is 471 g/mol. The number of anilines is 1. The first-order valence-corrected chi connectivity index (χ1v) is 11.6. The van der Waals surface area contributed by atoms with Crippen LogP contribution >= 0.6 is 0 Å². The van der Waals surface area contributed by atoms with Gasteiger partial charge >= 0.3 is 12.1 Å². The van der Waals surface area contributed by atoms with Crippen LogP contribution in [0.3, 0.4) is 0 Å². The first-order valence-electron chi connectivity index (χ1n) is 11.6. The quantitative estimate of drug-likeness (QED) is 0.401. The first kappa shape index (κ1) is 25.4. The molecule has 0 unspecified atom stereocenters. The topological polar surface area (TPSA) is 59.0 Å². The SMILES string of the molecule is COc1cc(CCN2CC(C)(C)c3cc(-c4ccc(C(F)(F)F)cc4)ccc32)ccc1OCC(=O)O. The third-order valence-corrected chi connectivity index (χ3v) is 6.45. The minimum atomic E-state index is -4.35. The molecule has 1 N–H and O–H groups in total. The fourth-order valence-electron chi connectivity index (χ4n) is 4.62. The minimum Gasteiger partial charge on any atom is -0.493 e. The van der Waals surface area contributed by atoms with Crippen molar-refractivity contribution in [2.75, 3.05) is 31.7 Å². The van der Waals surface area contributed by atoms with Gasteiger partial charge in [-0.1, -0.05) is 38.1 Å². The summed E-state index contributed by atoms with van der Waals surface area (Å²) < 4.78 is 49.4. The normalized spacial score (nSPS) is 14.4. The third-order valence-electron chi connectivity index (χ3n) is 6.45. The Morgan fingerprint density at radius 3 is 2.33 bits per heavy atom. The van der Waals surface area contributed by atoms with Gasteiger partial charge in [-0.05, 0) is 65.1 Å². The van der Waals surface area contributed by atoms with Gasteiger partial charge in [-0.15, -0.1) is 0 Å². The zero-order valence-electron chi connectivity index (χ0n) is 20.4. The second kappa shape index (κ2) is 9.76. The molecule has 0 amide bonds. The van der Waals surface area contributed by atoms with Crippen LogP contribution in [0.5, 0.6) is 11.5 Å². The summed E-state index contributed by atoms with van der Waals surface area (Å²) in [6.07, 6.45) is -3.61. The van der Waals surface area contributed by atoms with E-state index in [-0.39, 0.29) is 5.41 Å². The maximum absolute atomic E-state index is 12.9. The lowest BCUT2D eigenvalue weighted by atomic mass is 9.85. The van der Waals surface area contributed by atoms with E-state index in [4.69, 9.17) is 14.6 Å². The van der Waals surface area contributed by atoms with E-state index in [1.54, 1.807) is 6.07 Å². The van der Waals surface area contributed by atoms with Crippen molar-refractivity contribution in [2.45, 2.75) is 31.9 Å². The summed E-state index contributed by atoms with van der Waals surface area (Å²) in [7, 11) is 1.51. The summed E-state index contributed by atoms with van der Waals surface area (Å²) in [5.74, 6) is -0.192. The molecule has 0 saturated carbocycles. The van der Waals surface area contributed by atoms with E-state index >= 15 is 0 Å². The summed E-state index contributed by atoms with van der Waals surface area (Å²) in [6.45, 7) is 5.47. The van der Waals surface area contributed by atoms with Gasteiger partial charge in [0.05, 0.1) is 12.7 Å². The number of fused-ring (bicyclic) bond motifs is 1. The summed E-state index contributed by atoms with van der Waals surface area (Å²) in [5.41, 5.74) is 4.17. The highest BCUT2D eigenvalue weighted by Gasteiger charge is 2.35. The molecule has 1 aliphatic rings. The molecule has 1 heterocycles. The molecule has 190 valence electrons. The predicted octanol–water partition coefficient (Wildman–Crippen LogP) is 6.18. The highest BCUT2D eigenvalue weighted by Crippen LogP contribution is 2.43. The van der Waals surface area contributed by atoms with Crippen LogP contribution < -0.4 is 14.4 Å². The van der Waals surface area contributed by atoms with E-state index < -0.39 is 24.3 Å². The summed E-state index contributed by atoms with van der Waals surface area (Å²) >= 11 is 0. The Kier molecular flexibility index (Phi) is 6.89. The average Bonchev–Trinajstić information content (AvgIpc) is 3.10. The fraction of sp³-hybridized carbons (Fsp3) is 0.321. The van der Waals surface area contributed by atoms with Gasteiger partial charge in [0.25, 0.3) is 0 Å². The van der Waals surface area contributed by atoms with Crippen molar-refractivity contribution in [1.29, 1.82) is 0 Å². The second-order valence-corrected chi connectivity index (χ2v) is 9.53. The zero-order valence-corrected chi connectivity index (χ0v) is 20.4. The molecule has 1 aliphatic heterocycles. The van der Waals surface area contributed by atoms with Gasteiger partial charge < -0.3 is 19.5 Å². The van der Waals surface area contributed by atoms with Crippen molar-refractivity contribution in [3.8, 4) is 22.6 Å². The molecule has 3 aromatic rings. The number of hydrogen-bond acceptors (Lipinski definition) is 4. The van der Waals surface area contributed by atoms with Gasteiger partial charge in [0.1, 0.15) is 0 Å². The Morgan fingerprint density at radius 2 is 1.69 bits per heavy atom. The highest BCUT2D eigenvalue weighted by atomic mass is 19.4. The zero-order chi connectivity index (χ0) is 26.1. The number of rotatable bonds is 8. The molecule has 0 atom stereocenters. The summed E-state index contributed by atoms with van der Waals surface area (Å²) in [6, 6.07) is 16.8. The molecule has 36 heavy (non-hydrogen) atoms. The van der Waals surface area contributed by atoms with Crippen molar-refractivity contribution in [3.05, 3.63) is 77.4 Å². The molecule has 8 heteroatoms. The van der Waals surface area contributed by atoms with Crippen molar-refractivity contribution < 1.29 is 32.5 Å². The van der Waals surface area contributed by atoms with E-state index in [2.05, 4.69) is 24.8 Å². The first-order chi connectivity index (χ1) is 17.0. The lowest BCUT2D eigenvalue weighted by Gasteiger charge is -2.22. The minimum absolute atomic E-state index is 0.122. The van der Waals surface area contributed by atoms with E-state index in [1.807, 2.05) is 24.3 Å². The number of carboxylic acid groups (broad SMARTS) is 1. The predicted molar refractivity (Wildman–Crippen MR) is 132 cm³/mol. The number of nitrogens with zero attached hydrogens (tertiary/aromatic N) is 1.